The van der Waals surface area contributed by atoms with Gasteiger partial charge in [-0.2, -0.15) is 0 Å². The van der Waals surface area contributed by atoms with Crippen LogP contribution in [0.2, 0.25) is 0 Å². The minimum absolute atomic E-state index is 0. The Bertz CT molecular complexity index is 604. The zero-order valence-electron chi connectivity index (χ0n) is 13.0. The third-order valence-corrected chi connectivity index (χ3v) is 3.56. The number of hydrogen-bond donors (Lipinski definition) is 2. The van der Waals surface area contributed by atoms with Gasteiger partial charge in [0.15, 0.2) is 0 Å². The maximum atomic E-state index is 13.1. The van der Waals surface area contributed by atoms with Crippen LogP contribution in [0.1, 0.15) is 36.9 Å². The van der Waals surface area contributed by atoms with E-state index in [1.807, 2.05) is 37.3 Å². The van der Waals surface area contributed by atoms with Crippen LogP contribution in [-0.4, -0.2) is 11.9 Å². The molecule has 0 heterocycles. The van der Waals surface area contributed by atoms with E-state index in [2.05, 4.69) is 5.32 Å². The predicted molar refractivity (Wildman–Crippen MR) is 93.0 cm³/mol. The lowest BCUT2D eigenvalue weighted by molar-refractivity contribution is -0.123. The average Bonchev–Trinajstić information content (AvgIpc) is 2.54. The SMILES string of the molecule is CCCC(N)C(=O)NC(c1ccccc1)c1ccc(F)cc1.Cl. The van der Waals surface area contributed by atoms with Crippen molar-refractivity contribution in [1.29, 1.82) is 0 Å². The lowest BCUT2D eigenvalue weighted by atomic mass is 9.98. The monoisotopic (exact) mass is 336 g/mol. The normalized spacial score (nSPS) is 12.8. The Morgan fingerprint density at radius 1 is 1.09 bits per heavy atom. The zero-order valence-corrected chi connectivity index (χ0v) is 13.9. The predicted octanol–water partition coefficient (Wildman–Crippen LogP) is 3.58. The molecule has 0 spiro atoms. The van der Waals surface area contributed by atoms with Crippen molar-refractivity contribution in [3.05, 3.63) is 71.5 Å². The van der Waals surface area contributed by atoms with Crippen LogP contribution < -0.4 is 11.1 Å². The maximum absolute atomic E-state index is 13.1. The fourth-order valence-electron chi connectivity index (χ4n) is 2.35. The van der Waals surface area contributed by atoms with E-state index in [0.717, 1.165) is 17.5 Å². The molecule has 23 heavy (non-hydrogen) atoms. The van der Waals surface area contributed by atoms with Gasteiger partial charge in [-0.05, 0) is 29.7 Å². The number of nitrogens with two attached hydrogens (primary N) is 1. The van der Waals surface area contributed by atoms with E-state index in [0.29, 0.717) is 6.42 Å². The first-order chi connectivity index (χ1) is 10.6. The highest BCUT2D eigenvalue weighted by Gasteiger charge is 2.20. The molecule has 2 rings (SSSR count). The van der Waals surface area contributed by atoms with Crippen molar-refractivity contribution in [2.24, 2.45) is 5.73 Å². The molecule has 0 fully saturated rings. The molecule has 1 amide bonds. The fourth-order valence-corrected chi connectivity index (χ4v) is 2.35. The van der Waals surface area contributed by atoms with E-state index in [4.69, 9.17) is 5.73 Å². The van der Waals surface area contributed by atoms with E-state index in [1.165, 1.54) is 12.1 Å². The van der Waals surface area contributed by atoms with Crippen LogP contribution in [0, 0.1) is 5.82 Å². The summed E-state index contributed by atoms with van der Waals surface area (Å²) >= 11 is 0. The molecular formula is C18H22ClFN2O. The number of hydrogen-bond acceptors (Lipinski definition) is 2. The molecule has 0 bridgehead atoms. The molecule has 124 valence electrons. The molecule has 2 atom stereocenters. The first kappa shape index (κ1) is 19.1. The highest BCUT2D eigenvalue weighted by molar-refractivity contribution is 5.85. The standard InChI is InChI=1S/C18H21FN2O.ClH/c1-2-6-16(20)18(22)21-17(13-7-4-3-5-8-13)14-9-11-15(19)12-10-14;/h3-5,7-12,16-17H,2,6,20H2,1H3,(H,21,22);1H. The van der Waals surface area contributed by atoms with Gasteiger partial charge in [-0.25, -0.2) is 4.39 Å². The molecule has 5 heteroatoms. The summed E-state index contributed by atoms with van der Waals surface area (Å²) in [7, 11) is 0. The van der Waals surface area contributed by atoms with Crippen molar-refractivity contribution in [3.63, 3.8) is 0 Å². The summed E-state index contributed by atoms with van der Waals surface area (Å²) in [6.45, 7) is 1.99. The molecule has 0 radical (unpaired) electrons. The largest absolute Gasteiger partial charge is 0.344 e. The third kappa shape index (κ3) is 5.34. The number of benzene rings is 2. The first-order valence-electron chi connectivity index (χ1n) is 7.48. The molecule has 0 saturated carbocycles. The summed E-state index contributed by atoms with van der Waals surface area (Å²) in [4.78, 5) is 12.2. The van der Waals surface area contributed by atoms with Crippen LogP contribution in [0.25, 0.3) is 0 Å². The van der Waals surface area contributed by atoms with Gasteiger partial charge < -0.3 is 11.1 Å². The number of carbonyl (C=O) groups is 1. The van der Waals surface area contributed by atoms with Gasteiger partial charge in [-0.15, -0.1) is 12.4 Å². The number of nitrogens with one attached hydrogen (secondary N) is 1. The summed E-state index contributed by atoms with van der Waals surface area (Å²) < 4.78 is 13.1. The third-order valence-electron chi connectivity index (χ3n) is 3.56. The molecule has 0 aromatic heterocycles. The highest BCUT2D eigenvalue weighted by atomic mass is 35.5. The molecule has 0 aliphatic heterocycles. The Hall–Kier alpha value is -1.91. The van der Waals surface area contributed by atoms with Crippen molar-refractivity contribution >= 4 is 18.3 Å². The zero-order chi connectivity index (χ0) is 15.9. The summed E-state index contributed by atoms with van der Waals surface area (Å²) in [5, 5.41) is 2.97. The quantitative estimate of drug-likeness (QED) is 0.847. The molecule has 3 N–H and O–H groups in total. The van der Waals surface area contributed by atoms with Gasteiger partial charge in [0.05, 0.1) is 12.1 Å². The van der Waals surface area contributed by atoms with Crippen molar-refractivity contribution < 1.29 is 9.18 Å². The van der Waals surface area contributed by atoms with Crippen LogP contribution in [0.5, 0.6) is 0 Å². The van der Waals surface area contributed by atoms with Gasteiger partial charge in [0.1, 0.15) is 5.82 Å². The second kappa shape index (κ2) is 9.28. The van der Waals surface area contributed by atoms with E-state index in [-0.39, 0.29) is 30.2 Å². The Morgan fingerprint density at radius 2 is 1.65 bits per heavy atom. The van der Waals surface area contributed by atoms with Gasteiger partial charge in [-0.3, -0.25) is 4.79 Å². The summed E-state index contributed by atoms with van der Waals surface area (Å²) in [5.41, 5.74) is 7.64. The van der Waals surface area contributed by atoms with Gasteiger partial charge in [-0.1, -0.05) is 55.8 Å². The number of rotatable bonds is 6. The maximum Gasteiger partial charge on any atom is 0.237 e. The lowest BCUT2D eigenvalue weighted by Crippen LogP contribution is -2.42. The van der Waals surface area contributed by atoms with Crippen LogP contribution in [0.15, 0.2) is 54.6 Å². The topological polar surface area (TPSA) is 55.1 Å². The van der Waals surface area contributed by atoms with Gasteiger partial charge >= 0.3 is 0 Å². The molecule has 2 unspecified atom stereocenters. The van der Waals surface area contributed by atoms with E-state index < -0.39 is 6.04 Å². The molecule has 0 aliphatic rings. The van der Waals surface area contributed by atoms with Gasteiger partial charge in [0, 0.05) is 0 Å². The van der Waals surface area contributed by atoms with Crippen molar-refractivity contribution in [3.8, 4) is 0 Å². The smallest absolute Gasteiger partial charge is 0.237 e. The highest BCUT2D eigenvalue weighted by Crippen LogP contribution is 2.22. The number of amides is 1. The van der Waals surface area contributed by atoms with E-state index in [9.17, 15) is 9.18 Å². The minimum atomic E-state index is -0.531. The fraction of sp³-hybridized carbons (Fsp3) is 0.278. The van der Waals surface area contributed by atoms with Gasteiger partial charge in [0.25, 0.3) is 0 Å². The first-order valence-corrected chi connectivity index (χ1v) is 7.48. The van der Waals surface area contributed by atoms with Crippen LogP contribution >= 0.6 is 12.4 Å². The Balaban J connectivity index is 0.00000264. The second-order valence-electron chi connectivity index (χ2n) is 5.30. The average molecular weight is 337 g/mol. The van der Waals surface area contributed by atoms with Crippen molar-refractivity contribution in [1.82, 2.24) is 5.32 Å². The van der Waals surface area contributed by atoms with Gasteiger partial charge in [0.2, 0.25) is 5.91 Å². The number of halogens is 2. The molecule has 2 aromatic carbocycles. The summed E-state index contributed by atoms with van der Waals surface area (Å²) in [6.07, 6.45) is 1.48. The van der Waals surface area contributed by atoms with E-state index in [1.54, 1.807) is 12.1 Å². The minimum Gasteiger partial charge on any atom is -0.344 e. The Kier molecular flexibility index (Phi) is 7.72. The molecule has 3 nitrogen and oxygen atoms in total. The number of carbonyl (C=O) groups excluding carboxylic acids is 1. The molecule has 0 aliphatic carbocycles. The van der Waals surface area contributed by atoms with E-state index >= 15 is 0 Å². The van der Waals surface area contributed by atoms with Crippen molar-refractivity contribution in [2.45, 2.75) is 31.8 Å². The molecule has 0 saturated heterocycles. The Morgan fingerprint density at radius 3 is 2.22 bits per heavy atom. The molecular weight excluding hydrogens is 315 g/mol. The second-order valence-corrected chi connectivity index (χ2v) is 5.30. The van der Waals surface area contributed by atoms with Crippen molar-refractivity contribution in [2.75, 3.05) is 0 Å². The Labute approximate surface area is 142 Å². The lowest BCUT2D eigenvalue weighted by Gasteiger charge is -2.22. The van der Waals surface area contributed by atoms with Crippen LogP contribution in [0.4, 0.5) is 4.39 Å². The van der Waals surface area contributed by atoms with Crippen LogP contribution in [0.3, 0.4) is 0 Å². The molecule has 2 aromatic rings. The van der Waals surface area contributed by atoms with Crippen LogP contribution in [-0.2, 0) is 4.79 Å². The summed E-state index contributed by atoms with van der Waals surface area (Å²) in [5.74, 6) is -0.496. The summed E-state index contributed by atoms with van der Waals surface area (Å²) in [6, 6.07) is 14.9.